The van der Waals surface area contributed by atoms with Crippen molar-refractivity contribution < 1.29 is 31.7 Å². The molecule has 0 heterocycles. The van der Waals surface area contributed by atoms with Gasteiger partial charge < -0.3 is 13.3 Å². The maximum atomic E-state index is 12.0. The Hall–Kier alpha value is -1.90. The lowest BCUT2D eigenvalue weighted by atomic mass is 10.1. The van der Waals surface area contributed by atoms with E-state index >= 15 is 0 Å². The SMILES string of the molecule is COC(=O)Cc1cccc([S-](=O)=NC(=O)C(F)(F)F)c1. The van der Waals surface area contributed by atoms with Crippen LogP contribution in [-0.4, -0.2) is 25.2 Å². The fraction of sp³-hybridized carbons (Fsp3) is 0.273. The highest BCUT2D eigenvalue weighted by Gasteiger charge is 2.36. The number of ether oxygens (including phenoxy) is 1. The average molecular weight is 308 g/mol. The number of carbonyl (C=O) groups excluding carboxylic acids is 2. The fourth-order valence-electron chi connectivity index (χ4n) is 1.18. The second-order valence-corrected chi connectivity index (χ2v) is 4.70. The zero-order valence-electron chi connectivity index (χ0n) is 10.1. The first-order valence-corrected chi connectivity index (χ1v) is 6.25. The summed E-state index contributed by atoms with van der Waals surface area (Å²) in [6, 6.07) is 5.35. The highest BCUT2D eigenvalue weighted by Crippen LogP contribution is 2.17. The number of nitrogens with zero attached hydrogens (tertiary/aromatic N) is 1. The third-order valence-electron chi connectivity index (χ3n) is 2.08. The predicted molar refractivity (Wildman–Crippen MR) is 62.0 cm³/mol. The van der Waals surface area contributed by atoms with Crippen molar-refractivity contribution >= 4 is 22.5 Å². The number of halogens is 3. The zero-order chi connectivity index (χ0) is 15.3. The molecule has 0 aromatic heterocycles. The Labute approximate surface area is 113 Å². The molecule has 0 bridgehead atoms. The van der Waals surface area contributed by atoms with Gasteiger partial charge in [0.25, 0.3) is 0 Å². The molecule has 0 aliphatic heterocycles. The Bertz CT molecular complexity index is 606. The predicted octanol–water partition coefficient (Wildman–Crippen LogP) is 2.00. The van der Waals surface area contributed by atoms with E-state index in [2.05, 4.69) is 9.10 Å². The minimum absolute atomic E-state index is 0.107. The first kappa shape index (κ1) is 16.2. The van der Waals surface area contributed by atoms with Crippen LogP contribution in [0.25, 0.3) is 0 Å². The third-order valence-corrected chi connectivity index (χ3v) is 3.07. The summed E-state index contributed by atoms with van der Waals surface area (Å²) in [6.07, 6.45) is -5.30. The summed E-state index contributed by atoms with van der Waals surface area (Å²) in [5, 5.41) is 0. The molecule has 0 fully saturated rings. The van der Waals surface area contributed by atoms with Crippen molar-refractivity contribution in [3.8, 4) is 0 Å². The van der Waals surface area contributed by atoms with Crippen molar-refractivity contribution in [2.75, 3.05) is 7.11 Å². The van der Waals surface area contributed by atoms with Gasteiger partial charge in [-0.05, 0) is 5.56 Å². The van der Waals surface area contributed by atoms with Crippen molar-refractivity contribution in [3.63, 3.8) is 0 Å². The fourth-order valence-corrected chi connectivity index (χ4v) is 1.99. The second-order valence-electron chi connectivity index (χ2n) is 3.54. The van der Waals surface area contributed by atoms with Gasteiger partial charge in [-0.25, -0.2) is 0 Å². The van der Waals surface area contributed by atoms with Gasteiger partial charge in [-0.1, -0.05) is 29.2 Å². The van der Waals surface area contributed by atoms with Crippen LogP contribution in [-0.2, 0) is 35.6 Å². The van der Waals surface area contributed by atoms with Gasteiger partial charge in [0.2, 0.25) is 0 Å². The molecule has 0 radical (unpaired) electrons. The van der Waals surface area contributed by atoms with Crippen LogP contribution in [0.3, 0.4) is 0 Å². The minimum atomic E-state index is -5.17. The van der Waals surface area contributed by atoms with Crippen LogP contribution in [0.1, 0.15) is 5.56 Å². The number of benzene rings is 1. The lowest BCUT2D eigenvalue weighted by Crippen LogP contribution is -2.20. The van der Waals surface area contributed by atoms with Crippen LogP contribution in [0.2, 0.25) is 0 Å². The van der Waals surface area contributed by atoms with E-state index in [1.807, 2.05) is 0 Å². The number of esters is 1. The molecule has 0 unspecified atom stereocenters. The van der Waals surface area contributed by atoms with Crippen LogP contribution in [0, 0.1) is 0 Å². The first-order valence-electron chi connectivity index (χ1n) is 5.14. The van der Waals surface area contributed by atoms with E-state index in [1.54, 1.807) is 0 Å². The Morgan fingerprint density at radius 3 is 2.55 bits per heavy atom. The molecule has 1 aromatic rings. The summed E-state index contributed by atoms with van der Waals surface area (Å²) in [5.74, 6) is -2.98. The number of hydrogen-bond donors (Lipinski definition) is 0. The maximum Gasteiger partial charge on any atom is 0.471 e. The Kier molecular flexibility index (Phi) is 5.26. The summed E-state index contributed by atoms with van der Waals surface area (Å²) in [4.78, 5) is 21.5. The summed E-state index contributed by atoms with van der Waals surface area (Å²) >= 11 is 0. The number of alkyl halides is 3. The van der Waals surface area contributed by atoms with Crippen LogP contribution < -0.4 is 0 Å². The maximum absolute atomic E-state index is 12.0. The molecule has 0 saturated carbocycles. The summed E-state index contributed by atoms with van der Waals surface area (Å²) < 4.78 is 54.4. The molecular formula is C11H9F3NO4S-. The van der Waals surface area contributed by atoms with E-state index in [-0.39, 0.29) is 11.3 Å². The lowest BCUT2D eigenvalue weighted by Gasteiger charge is -2.08. The quantitative estimate of drug-likeness (QED) is 0.632. The lowest BCUT2D eigenvalue weighted by molar-refractivity contribution is -0.169. The number of hydrogen-bond acceptors (Lipinski definition) is 5. The highest BCUT2D eigenvalue weighted by molar-refractivity contribution is 7.75. The summed E-state index contributed by atoms with van der Waals surface area (Å²) in [7, 11) is -1.30. The molecule has 0 atom stereocenters. The summed E-state index contributed by atoms with van der Waals surface area (Å²) in [5.41, 5.74) is 0.386. The van der Waals surface area contributed by atoms with Gasteiger partial charge in [0.1, 0.15) is 0 Å². The van der Waals surface area contributed by atoms with Crippen molar-refractivity contribution in [3.05, 3.63) is 29.8 Å². The van der Waals surface area contributed by atoms with Gasteiger partial charge in [-0.3, -0.25) is 9.59 Å². The Balaban J connectivity index is 3.00. The molecule has 0 spiro atoms. The van der Waals surface area contributed by atoms with E-state index in [1.165, 1.54) is 31.4 Å². The molecule has 0 aliphatic rings. The third kappa shape index (κ3) is 4.65. The monoisotopic (exact) mass is 308 g/mol. The molecule has 9 heteroatoms. The van der Waals surface area contributed by atoms with Gasteiger partial charge in [0, 0.05) is 0 Å². The van der Waals surface area contributed by atoms with Crippen molar-refractivity contribution in [2.45, 2.75) is 17.5 Å². The second kappa shape index (κ2) is 6.51. The first-order chi connectivity index (χ1) is 9.24. The highest BCUT2D eigenvalue weighted by atomic mass is 32.2. The number of methoxy groups -OCH3 is 1. The molecule has 1 aromatic carbocycles. The van der Waals surface area contributed by atoms with E-state index in [0.717, 1.165) is 0 Å². The van der Waals surface area contributed by atoms with Gasteiger partial charge in [0.15, 0.2) is 0 Å². The van der Waals surface area contributed by atoms with Crippen LogP contribution in [0.5, 0.6) is 0 Å². The minimum Gasteiger partial charge on any atom is -0.469 e. The van der Waals surface area contributed by atoms with Crippen LogP contribution >= 0.6 is 0 Å². The van der Waals surface area contributed by atoms with Gasteiger partial charge >= 0.3 is 18.1 Å². The number of carbonyl (C=O) groups is 2. The molecule has 5 nitrogen and oxygen atoms in total. The van der Waals surface area contributed by atoms with E-state index < -0.39 is 28.6 Å². The molecule has 0 N–H and O–H groups in total. The molecule has 1 amide bonds. The number of amides is 1. The smallest absolute Gasteiger partial charge is 0.469 e. The summed E-state index contributed by atoms with van der Waals surface area (Å²) in [6.45, 7) is 0. The van der Waals surface area contributed by atoms with E-state index in [9.17, 15) is 27.0 Å². The van der Waals surface area contributed by atoms with Gasteiger partial charge in [0.05, 0.1) is 13.5 Å². The van der Waals surface area contributed by atoms with E-state index in [0.29, 0.717) is 5.56 Å². The van der Waals surface area contributed by atoms with E-state index in [4.69, 9.17) is 0 Å². The van der Waals surface area contributed by atoms with Gasteiger partial charge in [-0.2, -0.15) is 23.8 Å². The molecule has 1 rings (SSSR count). The largest absolute Gasteiger partial charge is 0.471 e. The Morgan fingerprint density at radius 1 is 1.35 bits per heavy atom. The Morgan fingerprint density at radius 2 is 2.00 bits per heavy atom. The van der Waals surface area contributed by atoms with Crippen LogP contribution in [0.15, 0.2) is 33.5 Å². The molecule has 0 saturated heterocycles. The zero-order valence-corrected chi connectivity index (χ0v) is 11.0. The topological polar surface area (TPSA) is 72.8 Å². The van der Waals surface area contributed by atoms with Gasteiger partial charge in [-0.15, -0.1) is 0 Å². The molecule has 110 valence electrons. The van der Waals surface area contributed by atoms with Crippen molar-refractivity contribution in [2.24, 2.45) is 4.36 Å². The average Bonchev–Trinajstić information content (AvgIpc) is 2.37. The van der Waals surface area contributed by atoms with Crippen molar-refractivity contribution in [1.82, 2.24) is 0 Å². The molecular weight excluding hydrogens is 299 g/mol. The normalized spacial score (nSPS) is 13.0. The van der Waals surface area contributed by atoms with Crippen molar-refractivity contribution in [1.29, 1.82) is 0 Å². The standard InChI is InChI=1S/C11H9F3NO4S/c1-19-9(16)6-7-3-2-4-8(5-7)20(18)15-10(17)11(12,13)14/h2-5H,6H2,1H3/q-1. The van der Waals surface area contributed by atoms with Crippen LogP contribution in [0.4, 0.5) is 13.2 Å². The molecule has 20 heavy (non-hydrogen) atoms. The molecule has 0 aliphatic carbocycles. The number of rotatable bonds is 3.